The van der Waals surface area contributed by atoms with E-state index in [9.17, 15) is 4.79 Å². The highest BCUT2D eigenvalue weighted by Crippen LogP contribution is 2.29. The van der Waals surface area contributed by atoms with Crippen LogP contribution in [0.2, 0.25) is 0 Å². The summed E-state index contributed by atoms with van der Waals surface area (Å²) in [6.45, 7) is 0.385. The number of methoxy groups -OCH3 is 1. The Morgan fingerprint density at radius 3 is 2.45 bits per heavy atom. The molecular formula is C15H13BrO4. The number of carboxylic acids is 1. The molecule has 0 aliphatic rings. The zero-order valence-electron chi connectivity index (χ0n) is 10.8. The van der Waals surface area contributed by atoms with Crippen LogP contribution in [-0.2, 0) is 6.61 Å². The Morgan fingerprint density at radius 2 is 1.85 bits per heavy atom. The molecule has 0 spiro atoms. The Balaban J connectivity index is 2.12. The lowest BCUT2D eigenvalue weighted by Gasteiger charge is -2.11. The normalized spacial score (nSPS) is 10.1. The summed E-state index contributed by atoms with van der Waals surface area (Å²) in [5.41, 5.74) is 1.18. The van der Waals surface area contributed by atoms with Crippen molar-refractivity contribution in [1.29, 1.82) is 0 Å². The number of carboxylic acid groups (broad SMARTS) is 1. The number of rotatable bonds is 5. The number of hydrogen-bond acceptors (Lipinski definition) is 3. The van der Waals surface area contributed by atoms with Gasteiger partial charge in [0.05, 0.1) is 12.7 Å². The van der Waals surface area contributed by atoms with Crippen LogP contribution in [0.4, 0.5) is 0 Å². The molecule has 0 heterocycles. The molecule has 0 radical (unpaired) electrons. The molecule has 0 aliphatic heterocycles. The molecule has 0 atom stereocenters. The molecule has 0 unspecified atom stereocenters. The monoisotopic (exact) mass is 336 g/mol. The first-order chi connectivity index (χ1) is 9.60. The second kappa shape index (κ2) is 6.43. The summed E-state index contributed by atoms with van der Waals surface area (Å²) in [4.78, 5) is 10.9. The van der Waals surface area contributed by atoms with E-state index in [0.717, 1.165) is 10.0 Å². The predicted octanol–water partition coefficient (Wildman–Crippen LogP) is 3.73. The fraction of sp³-hybridized carbons (Fsp3) is 0.133. The maximum atomic E-state index is 10.9. The predicted molar refractivity (Wildman–Crippen MR) is 78.4 cm³/mol. The van der Waals surface area contributed by atoms with Gasteiger partial charge < -0.3 is 14.6 Å². The second-order valence-corrected chi connectivity index (χ2v) is 5.00. The second-order valence-electron chi connectivity index (χ2n) is 4.09. The lowest BCUT2D eigenvalue weighted by Crippen LogP contribution is -2.01. The molecule has 5 heteroatoms. The van der Waals surface area contributed by atoms with Crippen LogP contribution in [0.25, 0.3) is 0 Å². The van der Waals surface area contributed by atoms with E-state index < -0.39 is 5.97 Å². The first-order valence-electron chi connectivity index (χ1n) is 5.88. The Bertz CT molecular complexity index is 608. The van der Waals surface area contributed by atoms with Gasteiger partial charge in [-0.3, -0.25) is 0 Å². The van der Waals surface area contributed by atoms with Crippen molar-refractivity contribution in [1.82, 2.24) is 0 Å². The fourth-order valence-electron chi connectivity index (χ4n) is 1.66. The van der Waals surface area contributed by atoms with Crippen molar-refractivity contribution in [2.45, 2.75) is 6.61 Å². The lowest BCUT2D eigenvalue weighted by atomic mass is 10.2. The van der Waals surface area contributed by atoms with E-state index in [2.05, 4.69) is 15.9 Å². The maximum Gasteiger partial charge on any atom is 0.335 e. The SMILES string of the molecule is COc1cc(C(=O)O)ccc1OCc1ccc(Br)cc1. The average molecular weight is 337 g/mol. The Hall–Kier alpha value is -2.01. The number of benzene rings is 2. The molecule has 0 saturated heterocycles. The van der Waals surface area contributed by atoms with Crippen molar-refractivity contribution >= 4 is 21.9 Å². The zero-order valence-corrected chi connectivity index (χ0v) is 12.4. The summed E-state index contributed by atoms with van der Waals surface area (Å²) >= 11 is 3.37. The van der Waals surface area contributed by atoms with Crippen LogP contribution in [0, 0.1) is 0 Å². The summed E-state index contributed by atoms with van der Waals surface area (Å²) in [6.07, 6.45) is 0. The van der Waals surface area contributed by atoms with Gasteiger partial charge in [-0.05, 0) is 35.9 Å². The first-order valence-corrected chi connectivity index (χ1v) is 6.68. The van der Waals surface area contributed by atoms with Crippen LogP contribution >= 0.6 is 15.9 Å². The van der Waals surface area contributed by atoms with E-state index in [4.69, 9.17) is 14.6 Å². The van der Waals surface area contributed by atoms with Gasteiger partial charge in [0.25, 0.3) is 0 Å². The molecule has 0 fully saturated rings. The summed E-state index contributed by atoms with van der Waals surface area (Å²) < 4.78 is 11.8. The molecule has 0 saturated carbocycles. The van der Waals surface area contributed by atoms with E-state index in [1.165, 1.54) is 19.2 Å². The number of halogens is 1. The first kappa shape index (κ1) is 14.4. The Kier molecular flexibility index (Phi) is 4.63. The highest BCUT2D eigenvalue weighted by molar-refractivity contribution is 9.10. The molecule has 2 rings (SSSR count). The molecule has 1 N–H and O–H groups in total. The molecule has 4 nitrogen and oxygen atoms in total. The van der Waals surface area contributed by atoms with Gasteiger partial charge in [0.2, 0.25) is 0 Å². The van der Waals surface area contributed by atoms with Crippen molar-refractivity contribution < 1.29 is 19.4 Å². The van der Waals surface area contributed by atoms with Crippen molar-refractivity contribution in [2.75, 3.05) is 7.11 Å². The number of carbonyl (C=O) groups is 1. The number of hydrogen-bond donors (Lipinski definition) is 1. The largest absolute Gasteiger partial charge is 0.493 e. The standard InChI is InChI=1S/C15H13BrO4/c1-19-14-8-11(15(17)18)4-7-13(14)20-9-10-2-5-12(16)6-3-10/h2-8H,9H2,1H3,(H,17,18). The molecular weight excluding hydrogens is 324 g/mol. The molecule has 104 valence electrons. The zero-order chi connectivity index (χ0) is 14.5. The maximum absolute atomic E-state index is 10.9. The van der Waals surface area contributed by atoms with Gasteiger partial charge in [-0.2, -0.15) is 0 Å². The minimum atomic E-state index is -0.997. The molecule has 0 aromatic heterocycles. The summed E-state index contributed by atoms with van der Waals surface area (Å²) in [7, 11) is 1.48. The quantitative estimate of drug-likeness (QED) is 0.903. The van der Waals surface area contributed by atoms with E-state index in [1.54, 1.807) is 6.07 Å². The third-order valence-electron chi connectivity index (χ3n) is 2.72. The average Bonchev–Trinajstić information content (AvgIpc) is 2.46. The van der Waals surface area contributed by atoms with Crippen LogP contribution in [0.5, 0.6) is 11.5 Å². The van der Waals surface area contributed by atoms with Gasteiger partial charge in [-0.25, -0.2) is 4.79 Å². The van der Waals surface area contributed by atoms with Gasteiger partial charge in [-0.1, -0.05) is 28.1 Å². The van der Waals surface area contributed by atoms with E-state index >= 15 is 0 Å². The van der Waals surface area contributed by atoms with Crippen LogP contribution in [0.15, 0.2) is 46.9 Å². The molecule has 20 heavy (non-hydrogen) atoms. The van der Waals surface area contributed by atoms with Crippen LogP contribution in [0.3, 0.4) is 0 Å². The van der Waals surface area contributed by atoms with Gasteiger partial charge >= 0.3 is 5.97 Å². The van der Waals surface area contributed by atoms with Gasteiger partial charge in [-0.15, -0.1) is 0 Å². The summed E-state index contributed by atoms with van der Waals surface area (Å²) in [5.74, 6) is -0.0785. The van der Waals surface area contributed by atoms with Crippen LogP contribution in [0.1, 0.15) is 15.9 Å². The van der Waals surface area contributed by atoms with Gasteiger partial charge in [0, 0.05) is 4.47 Å². The molecule has 2 aromatic carbocycles. The molecule has 0 amide bonds. The summed E-state index contributed by atoms with van der Waals surface area (Å²) in [6, 6.07) is 12.3. The van der Waals surface area contributed by atoms with Crippen molar-refractivity contribution in [3.63, 3.8) is 0 Å². The van der Waals surface area contributed by atoms with Gasteiger partial charge in [0.1, 0.15) is 6.61 Å². The topological polar surface area (TPSA) is 55.8 Å². The Morgan fingerprint density at radius 1 is 1.15 bits per heavy atom. The van der Waals surface area contributed by atoms with Crippen LogP contribution in [-0.4, -0.2) is 18.2 Å². The van der Waals surface area contributed by atoms with E-state index in [-0.39, 0.29) is 5.56 Å². The lowest BCUT2D eigenvalue weighted by molar-refractivity contribution is 0.0696. The third kappa shape index (κ3) is 3.51. The molecule has 0 bridgehead atoms. The Labute approximate surface area is 125 Å². The minimum Gasteiger partial charge on any atom is -0.493 e. The summed E-state index contributed by atoms with van der Waals surface area (Å²) in [5, 5.41) is 8.93. The van der Waals surface area contributed by atoms with E-state index in [0.29, 0.717) is 18.1 Å². The number of ether oxygens (including phenoxy) is 2. The fourth-order valence-corrected chi connectivity index (χ4v) is 1.93. The molecule has 2 aromatic rings. The van der Waals surface area contributed by atoms with Gasteiger partial charge in [0.15, 0.2) is 11.5 Å². The highest BCUT2D eigenvalue weighted by atomic mass is 79.9. The third-order valence-corrected chi connectivity index (χ3v) is 3.25. The van der Waals surface area contributed by atoms with Crippen molar-refractivity contribution in [2.24, 2.45) is 0 Å². The van der Waals surface area contributed by atoms with E-state index in [1.807, 2.05) is 24.3 Å². The van der Waals surface area contributed by atoms with Crippen LogP contribution < -0.4 is 9.47 Å². The van der Waals surface area contributed by atoms with Crippen molar-refractivity contribution in [3.8, 4) is 11.5 Å². The highest BCUT2D eigenvalue weighted by Gasteiger charge is 2.10. The smallest absolute Gasteiger partial charge is 0.335 e. The number of aromatic carboxylic acids is 1. The van der Waals surface area contributed by atoms with Crippen molar-refractivity contribution in [3.05, 3.63) is 58.1 Å². The molecule has 0 aliphatic carbocycles. The minimum absolute atomic E-state index is 0.165.